The standard InChI is InChI=1S/C26H28N4O6/c1-15-19(16(2)28-21(15)26(34)36-4)23(31)20-22(17-8-5-6-9-18(17)35-3)30(25(33)24(20)32)12-7-11-29-13-10-27-14-29/h5-6,8-10,13-14,22,28,31H,7,11-12H2,1-4H3/b23-20+. The summed E-state index contributed by atoms with van der Waals surface area (Å²) >= 11 is 0. The number of benzene rings is 1. The van der Waals surface area contributed by atoms with E-state index in [4.69, 9.17) is 9.47 Å². The average Bonchev–Trinajstić information content (AvgIpc) is 3.56. The number of nitrogens with zero attached hydrogens (tertiary/aromatic N) is 3. The van der Waals surface area contributed by atoms with Crippen LogP contribution in [-0.2, 0) is 20.9 Å². The summed E-state index contributed by atoms with van der Waals surface area (Å²) < 4.78 is 12.2. The van der Waals surface area contributed by atoms with Crippen molar-refractivity contribution in [3.63, 3.8) is 0 Å². The molecule has 1 aliphatic heterocycles. The highest BCUT2D eigenvalue weighted by atomic mass is 16.5. The molecule has 0 saturated carbocycles. The lowest BCUT2D eigenvalue weighted by molar-refractivity contribution is -0.140. The molecule has 1 unspecified atom stereocenters. The van der Waals surface area contributed by atoms with Crippen molar-refractivity contribution in [1.29, 1.82) is 0 Å². The van der Waals surface area contributed by atoms with Gasteiger partial charge in [0, 0.05) is 42.3 Å². The van der Waals surface area contributed by atoms with E-state index in [1.54, 1.807) is 50.6 Å². The molecule has 2 N–H and O–H groups in total. The number of hydrogen-bond donors (Lipinski definition) is 2. The van der Waals surface area contributed by atoms with Gasteiger partial charge in [0.25, 0.3) is 11.7 Å². The van der Waals surface area contributed by atoms with Gasteiger partial charge >= 0.3 is 5.97 Å². The summed E-state index contributed by atoms with van der Waals surface area (Å²) in [6, 6.07) is 6.20. The minimum atomic E-state index is -0.876. The largest absolute Gasteiger partial charge is 0.507 e. The number of Topliss-reactive ketones (excluding diaryl/α,β-unsaturated/α-hetero) is 1. The van der Waals surface area contributed by atoms with E-state index in [9.17, 15) is 19.5 Å². The van der Waals surface area contributed by atoms with Crippen molar-refractivity contribution in [2.45, 2.75) is 32.9 Å². The third kappa shape index (κ3) is 4.26. The van der Waals surface area contributed by atoms with Gasteiger partial charge in [0.1, 0.15) is 17.2 Å². The number of ether oxygens (including phenoxy) is 2. The van der Waals surface area contributed by atoms with Crippen LogP contribution in [0.2, 0.25) is 0 Å². The summed E-state index contributed by atoms with van der Waals surface area (Å²) in [5.74, 6) is -1.99. The fourth-order valence-electron chi connectivity index (χ4n) is 4.71. The lowest BCUT2D eigenvalue weighted by Gasteiger charge is -2.26. The Kier molecular flexibility index (Phi) is 6.96. The normalized spacial score (nSPS) is 17.0. The predicted molar refractivity (Wildman–Crippen MR) is 130 cm³/mol. The number of aromatic amines is 1. The molecule has 4 rings (SSSR count). The Labute approximate surface area is 208 Å². The van der Waals surface area contributed by atoms with Crippen molar-refractivity contribution in [2.24, 2.45) is 0 Å². The maximum Gasteiger partial charge on any atom is 0.354 e. The Bertz CT molecular complexity index is 1340. The fourth-order valence-corrected chi connectivity index (χ4v) is 4.71. The molecule has 10 nitrogen and oxygen atoms in total. The van der Waals surface area contributed by atoms with E-state index in [-0.39, 0.29) is 29.1 Å². The van der Waals surface area contributed by atoms with Gasteiger partial charge in [0.15, 0.2) is 0 Å². The van der Waals surface area contributed by atoms with Crippen molar-refractivity contribution in [3.05, 3.63) is 76.6 Å². The van der Waals surface area contributed by atoms with Crippen molar-refractivity contribution in [2.75, 3.05) is 20.8 Å². The van der Waals surface area contributed by atoms with E-state index in [1.807, 2.05) is 10.8 Å². The number of hydrogen-bond acceptors (Lipinski definition) is 7. The van der Waals surface area contributed by atoms with E-state index in [0.717, 1.165) is 0 Å². The zero-order valence-corrected chi connectivity index (χ0v) is 20.6. The van der Waals surface area contributed by atoms with E-state index < -0.39 is 23.7 Å². The summed E-state index contributed by atoms with van der Waals surface area (Å²) in [4.78, 5) is 47.2. The van der Waals surface area contributed by atoms with Crippen LogP contribution in [0.3, 0.4) is 0 Å². The van der Waals surface area contributed by atoms with Crippen LogP contribution < -0.4 is 4.74 Å². The summed E-state index contributed by atoms with van der Waals surface area (Å²) in [5.41, 5.74) is 1.85. The van der Waals surface area contributed by atoms with Crippen LogP contribution in [0.5, 0.6) is 5.75 Å². The quantitative estimate of drug-likeness (QED) is 0.214. The number of aryl methyl sites for hydroxylation is 2. The third-order valence-corrected chi connectivity index (χ3v) is 6.41. The minimum Gasteiger partial charge on any atom is -0.507 e. The lowest BCUT2D eigenvalue weighted by atomic mass is 9.93. The molecule has 10 heteroatoms. The number of rotatable bonds is 8. The number of aliphatic hydroxyl groups excluding tert-OH is 1. The molecule has 1 aliphatic rings. The van der Waals surface area contributed by atoms with Gasteiger partial charge in [-0.2, -0.15) is 0 Å². The highest BCUT2D eigenvalue weighted by Gasteiger charge is 2.47. The number of carbonyl (C=O) groups excluding carboxylic acids is 3. The summed E-state index contributed by atoms with van der Waals surface area (Å²) in [7, 11) is 2.77. The first kappa shape index (κ1) is 24.8. The smallest absolute Gasteiger partial charge is 0.354 e. The Morgan fingerprint density at radius 1 is 1.17 bits per heavy atom. The molecular weight excluding hydrogens is 464 g/mol. The number of nitrogens with one attached hydrogen (secondary N) is 1. The Morgan fingerprint density at radius 3 is 2.58 bits per heavy atom. The second-order valence-corrected chi connectivity index (χ2v) is 8.51. The zero-order chi connectivity index (χ0) is 26.0. The van der Waals surface area contributed by atoms with Crippen molar-refractivity contribution < 1.29 is 29.0 Å². The molecule has 2 aromatic heterocycles. The number of imidazole rings is 1. The van der Waals surface area contributed by atoms with Gasteiger partial charge in [-0.15, -0.1) is 0 Å². The number of H-pyrrole nitrogens is 1. The SMILES string of the molecule is COC(=O)c1[nH]c(C)c(/C(O)=C2\C(=O)C(=O)N(CCCn3ccnc3)C2c2ccccc2OC)c1C. The van der Waals surface area contributed by atoms with Crippen LogP contribution in [0.25, 0.3) is 5.76 Å². The topological polar surface area (TPSA) is 127 Å². The molecule has 1 saturated heterocycles. The van der Waals surface area contributed by atoms with E-state index in [0.29, 0.717) is 35.5 Å². The molecule has 3 heterocycles. The first-order chi connectivity index (χ1) is 17.3. The number of likely N-dealkylation sites (tertiary alicyclic amines) is 1. The molecule has 0 aliphatic carbocycles. The monoisotopic (exact) mass is 492 g/mol. The first-order valence-electron chi connectivity index (χ1n) is 11.4. The second kappa shape index (κ2) is 10.1. The number of ketones is 1. The number of aromatic nitrogens is 3. The van der Waals surface area contributed by atoms with Gasteiger partial charge in [0.05, 0.1) is 32.2 Å². The molecule has 1 fully saturated rings. The minimum absolute atomic E-state index is 0.0613. The number of para-hydroxylation sites is 1. The Hall–Kier alpha value is -4.34. The van der Waals surface area contributed by atoms with Crippen LogP contribution >= 0.6 is 0 Å². The number of amides is 1. The predicted octanol–water partition coefficient (Wildman–Crippen LogP) is 3.14. The molecule has 1 amide bonds. The van der Waals surface area contributed by atoms with E-state index in [2.05, 4.69) is 9.97 Å². The summed E-state index contributed by atoms with van der Waals surface area (Å²) in [5, 5.41) is 11.5. The molecule has 1 aromatic carbocycles. The number of carbonyl (C=O) groups is 3. The van der Waals surface area contributed by atoms with Crippen LogP contribution in [0.4, 0.5) is 0 Å². The number of methoxy groups -OCH3 is 2. The van der Waals surface area contributed by atoms with Crippen molar-refractivity contribution >= 4 is 23.4 Å². The molecule has 3 aromatic rings. The van der Waals surface area contributed by atoms with Crippen molar-refractivity contribution in [3.8, 4) is 5.75 Å². The Morgan fingerprint density at radius 2 is 1.92 bits per heavy atom. The van der Waals surface area contributed by atoms with Crippen LogP contribution in [0.1, 0.15) is 45.3 Å². The average molecular weight is 493 g/mol. The van der Waals surface area contributed by atoms with Gasteiger partial charge in [-0.1, -0.05) is 18.2 Å². The second-order valence-electron chi connectivity index (χ2n) is 8.51. The molecule has 36 heavy (non-hydrogen) atoms. The number of esters is 1. The summed E-state index contributed by atoms with van der Waals surface area (Å²) in [6.45, 7) is 4.18. The van der Waals surface area contributed by atoms with Crippen molar-refractivity contribution in [1.82, 2.24) is 19.4 Å². The highest BCUT2D eigenvalue weighted by Crippen LogP contribution is 2.43. The summed E-state index contributed by atoms with van der Waals surface area (Å²) in [6.07, 6.45) is 5.74. The maximum absolute atomic E-state index is 13.4. The molecule has 188 valence electrons. The third-order valence-electron chi connectivity index (χ3n) is 6.41. The van der Waals surface area contributed by atoms with Crippen LogP contribution in [0.15, 0.2) is 48.6 Å². The van der Waals surface area contributed by atoms with Crippen LogP contribution in [-0.4, -0.2) is 63.0 Å². The highest BCUT2D eigenvalue weighted by molar-refractivity contribution is 6.46. The van der Waals surface area contributed by atoms with Gasteiger partial charge in [-0.3, -0.25) is 9.59 Å². The van der Waals surface area contributed by atoms with Gasteiger partial charge < -0.3 is 29.0 Å². The lowest BCUT2D eigenvalue weighted by Crippen LogP contribution is -2.31. The van der Waals surface area contributed by atoms with Gasteiger partial charge in [-0.05, 0) is 31.9 Å². The zero-order valence-electron chi connectivity index (χ0n) is 20.6. The molecule has 0 bridgehead atoms. The molecule has 0 radical (unpaired) electrons. The first-order valence-corrected chi connectivity index (χ1v) is 11.4. The molecular formula is C26H28N4O6. The molecule has 0 spiro atoms. The molecule has 1 atom stereocenters. The van der Waals surface area contributed by atoms with Gasteiger partial charge in [0.2, 0.25) is 0 Å². The van der Waals surface area contributed by atoms with E-state index >= 15 is 0 Å². The van der Waals surface area contributed by atoms with Crippen LogP contribution in [0, 0.1) is 13.8 Å². The Balaban J connectivity index is 1.83. The number of aliphatic hydroxyl groups is 1. The maximum atomic E-state index is 13.4. The fraction of sp³-hybridized carbons (Fsp3) is 0.308. The van der Waals surface area contributed by atoms with Gasteiger partial charge in [-0.25, -0.2) is 9.78 Å². The van der Waals surface area contributed by atoms with E-state index in [1.165, 1.54) is 19.1 Å².